The van der Waals surface area contributed by atoms with Crippen LogP contribution in [0.5, 0.6) is 5.75 Å². The number of unbranched alkanes of at least 4 members (excludes halogenated alkanes) is 16. The van der Waals surface area contributed by atoms with Gasteiger partial charge in [0.15, 0.2) is 5.78 Å². The van der Waals surface area contributed by atoms with Crippen LogP contribution in [0.1, 0.15) is 133 Å². The third-order valence-corrected chi connectivity index (χ3v) is 5.78. The van der Waals surface area contributed by atoms with Gasteiger partial charge in [0.05, 0.1) is 6.61 Å². The molecule has 0 aliphatic rings. The van der Waals surface area contributed by atoms with Gasteiger partial charge in [-0.15, -0.1) is 0 Å². The summed E-state index contributed by atoms with van der Waals surface area (Å²) in [4.78, 5) is 11.3. The van der Waals surface area contributed by atoms with Gasteiger partial charge in [-0.1, -0.05) is 110 Å². The summed E-state index contributed by atoms with van der Waals surface area (Å²) in [6.07, 6.45) is 23.7. The van der Waals surface area contributed by atoms with Crippen LogP contribution in [-0.4, -0.2) is 12.4 Å². The number of carbonyl (C=O) groups excluding carboxylic acids is 1. The Morgan fingerprint density at radius 1 is 0.621 bits per heavy atom. The Morgan fingerprint density at radius 3 is 1.38 bits per heavy atom. The van der Waals surface area contributed by atoms with Crippen LogP contribution in [0.15, 0.2) is 24.3 Å². The molecule has 1 aromatic rings. The van der Waals surface area contributed by atoms with Crippen molar-refractivity contribution < 1.29 is 9.53 Å². The molecule has 0 radical (unpaired) electrons. The molecule has 0 fully saturated rings. The summed E-state index contributed by atoms with van der Waals surface area (Å²) in [5.41, 5.74) is 0.746. The van der Waals surface area contributed by atoms with Crippen LogP contribution in [0.3, 0.4) is 0 Å². The van der Waals surface area contributed by atoms with Crippen molar-refractivity contribution >= 4 is 5.78 Å². The van der Waals surface area contributed by atoms with Crippen molar-refractivity contribution in [3.8, 4) is 5.75 Å². The summed E-state index contributed by atoms with van der Waals surface area (Å²) >= 11 is 0. The molecule has 0 heterocycles. The van der Waals surface area contributed by atoms with Gasteiger partial charge in [-0.25, -0.2) is 0 Å². The van der Waals surface area contributed by atoms with E-state index in [4.69, 9.17) is 4.74 Å². The van der Waals surface area contributed by atoms with Gasteiger partial charge in [0.25, 0.3) is 0 Å². The van der Waals surface area contributed by atoms with Crippen LogP contribution in [0, 0.1) is 0 Å². The molecule has 0 saturated carbocycles. The van der Waals surface area contributed by atoms with Crippen LogP contribution in [-0.2, 0) is 0 Å². The molecule has 0 aromatic heterocycles. The minimum absolute atomic E-state index is 0.102. The number of hydrogen-bond acceptors (Lipinski definition) is 2. The van der Waals surface area contributed by atoms with E-state index in [9.17, 15) is 4.79 Å². The number of benzene rings is 1. The number of hydrogen-bond donors (Lipinski definition) is 0. The van der Waals surface area contributed by atoms with Crippen LogP contribution in [0.4, 0.5) is 0 Å². The molecule has 0 N–H and O–H groups in total. The zero-order valence-corrected chi connectivity index (χ0v) is 19.4. The second kappa shape index (κ2) is 18.7. The highest BCUT2D eigenvalue weighted by Crippen LogP contribution is 2.15. The van der Waals surface area contributed by atoms with E-state index in [-0.39, 0.29) is 5.78 Å². The molecule has 0 atom stereocenters. The summed E-state index contributed by atoms with van der Waals surface area (Å²) < 4.78 is 5.75. The Hall–Kier alpha value is -1.31. The fraction of sp³-hybridized carbons (Fsp3) is 0.741. The number of ether oxygens (including phenoxy) is 1. The maximum absolute atomic E-state index is 11.3. The molecule has 29 heavy (non-hydrogen) atoms. The Balaban J connectivity index is 1.77. The third kappa shape index (κ3) is 15.2. The van der Waals surface area contributed by atoms with Crippen molar-refractivity contribution in [1.82, 2.24) is 0 Å². The molecule has 0 aliphatic carbocycles. The van der Waals surface area contributed by atoms with Crippen molar-refractivity contribution in [2.45, 2.75) is 123 Å². The van der Waals surface area contributed by atoms with Gasteiger partial charge in [0.1, 0.15) is 5.75 Å². The fourth-order valence-corrected chi connectivity index (χ4v) is 3.80. The molecule has 1 rings (SSSR count). The van der Waals surface area contributed by atoms with E-state index in [1.807, 2.05) is 24.3 Å². The van der Waals surface area contributed by atoms with Crippen LogP contribution in [0.2, 0.25) is 0 Å². The summed E-state index contributed by atoms with van der Waals surface area (Å²) in [6, 6.07) is 7.47. The highest BCUT2D eigenvalue weighted by atomic mass is 16.5. The predicted octanol–water partition coefficient (Wildman–Crippen LogP) is 8.92. The largest absolute Gasteiger partial charge is 0.494 e. The highest BCUT2D eigenvalue weighted by molar-refractivity contribution is 5.94. The van der Waals surface area contributed by atoms with Crippen molar-refractivity contribution in [3.63, 3.8) is 0 Å². The first-order valence-electron chi connectivity index (χ1n) is 12.5. The first-order valence-corrected chi connectivity index (χ1v) is 12.5. The lowest BCUT2D eigenvalue weighted by Gasteiger charge is -2.07. The monoisotopic (exact) mass is 402 g/mol. The zero-order valence-electron chi connectivity index (χ0n) is 19.4. The lowest BCUT2D eigenvalue weighted by atomic mass is 10.0. The molecule has 2 nitrogen and oxygen atoms in total. The van der Waals surface area contributed by atoms with Gasteiger partial charge in [0, 0.05) is 5.56 Å². The van der Waals surface area contributed by atoms with Crippen molar-refractivity contribution in [3.05, 3.63) is 29.8 Å². The second-order valence-electron chi connectivity index (χ2n) is 8.59. The molecular weight excluding hydrogens is 356 g/mol. The number of carbonyl (C=O) groups is 1. The molecule has 0 amide bonds. The molecule has 0 saturated heterocycles. The smallest absolute Gasteiger partial charge is 0.159 e. The Bertz CT molecular complexity index is 492. The van der Waals surface area contributed by atoms with Gasteiger partial charge in [0.2, 0.25) is 0 Å². The maximum atomic E-state index is 11.3. The van der Waals surface area contributed by atoms with Crippen LogP contribution in [0.25, 0.3) is 0 Å². The molecule has 166 valence electrons. The summed E-state index contributed by atoms with van der Waals surface area (Å²) in [5, 5.41) is 0. The third-order valence-electron chi connectivity index (χ3n) is 5.78. The number of Topliss-reactive ketones (excluding diaryl/α,β-unsaturated/α-hetero) is 1. The van der Waals surface area contributed by atoms with Crippen molar-refractivity contribution in [2.75, 3.05) is 6.61 Å². The van der Waals surface area contributed by atoms with Crippen LogP contribution >= 0.6 is 0 Å². The van der Waals surface area contributed by atoms with Crippen LogP contribution < -0.4 is 4.74 Å². The average molecular weight is 403 g/mol. The van der Waals surface area contributed by atoms with E-state index in [2.05, 4.69) is 6.92 Å². The lowest BCUT2D eigenvalue weighted by molar-refractivity contribution is 0.101. The molecule has 0 bridgehead atoms. The summed E-state index contributed by atoms with van der Waals surface area (Å²) in [6.45, 7) is 4.65. The quantitative estimate of drug-likeness (QED) is 0.161. The Kier molecular flexibility index (Phi) is 16.6. The Morgan fingerprint density at radius 2 is 1.00 bits per heavy atom. The predicted molar refractivity (Wildman–Crippen MR) is 126 cm³/mol. The molecule has 1 aromatic carbocycles. The normalized spacial score (nSPS) is 11.0. The maximum Gasteiger partial charge on any atom is 0.159 e. The van der Waals surface area contributed by atoms with Gasteiger partial charge < -0.3 is 4.74 Å². The fourth-order valence-electron chi connectivity index (χ4n) is 3.80. The van der Waals surface area contributed by atoms with E-state index >= 15 is 0 Å². The van der Waals surface area contributed by atoms with E-state index < -0.39 is 0 Å². The highest BCUT2D eigenvalue weighted by Gasteiger charge is 2.00. The van der Waals surface area contributed by atoms with Gasteiger partial charge >= 0.3 is 0 Å². The Labute approximate surface area is 180 Å². The minimum atomic E-state index is 0.102. The summed E-state index contributed by atoms with van der Waals surface area (Å²) in [7, 11) is 0. The van der Waals surface area contributed by atoms with E-state index in [0.717, 1.165) is 24.3 Å². The van der Waals surface area contributed by atoms with Gasteiger partial charge in [-0.3, -0.25) is 4.79 Å². The zero-order chi connectivity index (χ0) is 21.0. The van der Waals surface area contributed by atoms with E-state index in [1.54, 1.807) is 6.92 Å². The topological polar surface area (TPSA) is 26.3 Å². The van der Waals surface area contributed by atoms with E-state index in [0.29, 0.717) is 0 Å². The average Bonchev–Trinajstić information content (AvgIpc) is 2.73. The molecular formula is C27H46O2. The van der Waals surface area contributed by atoms with Crippen molar-refractivity contribution in [2.24, 2.45) is 0 Å². The second-order valence-corrected chi connectivity index (χ2v) is 8.59. The molecule has 0 aliphatic heterocycles. The standard InChI is InChI=1S/C27H46O2/c1-3-4-5-6-7-8-9-10-11-12-13-14-15-16-17-18-19-24-29-27-22-20-26(21-23-27)25(2)28/h20-23H,3-19,24H2,1-2H3. The number of ketones is 1. The SMILES string of the molecule is CCCCCCCCCCCCCCCCCCCOc1ccc(C(C)=O)cc1. The molecule has 0 spiro atoms. The minimum Gasteiger partial charge on any atom is -0.494 e. The van der Waals surface area contributed by atoms with Gasteiger partial charge in [-0.05, 0) is 37.6 Å². The lowest BCUT2D eigenvalue weighted by Crippen LogP contribution is -1.98. The first kappa shape index (κ1) is 25.7. The summed E-state index contributed by atoms with van der Waals surface area (Å²) in [5.74, 6) is 0.969. The molecule has 2 heteroatoms. The first-order chi connectivity index (χ1) is 14.2. The molecule has 0 unspecified atom stereocenters. The van der Waals surface area contributed by atoms with Crippen molar-refractivity contribution in [1.29, 1.82) is 0 Å². The number of rotatable bonds is 20. The van der Waals surface area contributed by atoms with Gasteiger partial charge in [-0.2, -0.15) is 0 Å². The van der Waals surface area contributed by atoms with E-state index in [1.165, 1.54) is 103 Å².